The predicted octanol–water partition coefficient (Wildman–Crippen LogP) is 1.07. The molecule has 1 atom stereocenters. The van der Waals surface area contributed by atoms with Crippen LogP contribution < -0.4 is 0 Å². The molecule has 0 aliphatic rings. The van der Waals surface area contributed by atoms with Crippen molar-refractivity contribution in [2.24, 2.45) is 0 Å². The molecule has 0 radical (unpaired) electrons. The number of ether oxygens (including phenoxy) is 1. The molecule has 3 heteroatoms. The number of esters is 1. The number of carbonyl (C=O) groups is 1. The summed E-state index contributed by atoms with van der Waals surface area (Å²) >= 11 is 0. The van der Waals surface area contributed by atoms with E-state index < -0.39 is 11.6 Å². The highest BCUT2D eigenvalue weighted by Gasteiger charge is 2.33. The summed E-state index contributed by atoms with van der Waals surface area (Å²) in [5, 5.41) is 9.78. The average molecular weight is 180 g/mol. The molecule has 0 unspecified atom stereocenters. The lowest BCUT2D eigenvalue weighted by molar-refractivity contribution is -0.161. The third kappa shape index (κ3) is 1.87. The van der Waals surface area contributed by atoms with Gasteiger partial charge in [-0.2, -0.15) is 0 Å². The fraction of sp³-hybridized carbons (Fsp3) is 0.300. The number of carbonyl (C=O) groups excluding carboxylic acids is 1. The molecule has 0 aliphatic heterocycles. The third-order valence-electron chi connectivity index (χ3n) is 1.92. The Kier molecular flexibility index (Phi) is 2.68. The zero-order valence-corrected chi connectivity index (χ0v) is 7.65. The van der Waals surface area contributed by atoms with Crippen molar-refractivity contribution in [3.8, 4) is 0 Å². The average Bonchev–Trinajstić information content (AvgIpc) is 2.18. The molecule has 1 aromatic rings. The highest BCUT2D eigenvalue weighted by molar-refractivity contribution is 5.80. The number of benzene rings is 1. The smallest absolute Gasteiger partial charge is 0.342 e. The highest BCUT2D eigenvalue weighted by Crippen LogP contribution is 2.21. The molecule has 0 saturated heterocycles. The lowest BCUT2D eigenvalue weighted by atomic mass is 9.96. The van der Waals surface area contributed by atoms with E-state index in [-0.39, 0.29) is 0 Å². The van der Waals surface area contributed by atoms with E-state index in [0.717, 1.165) is 0 Å². The van der Waals surface area contributed by atoms with Gasteiger partial charge in [-0.15, -0.1) is 0 Å². The molecule has 0 saturated carbocycles. The van der Waals surface area contributed by atoms with E-state index in [1.54, 1.807) is 24.3 Å². The highest BCUT2D eigenvalue weighted by atomic mass is 16.5. The monoisotopic (exact) mass is 180 g/mol. The van der Waals surface area contributed by atoms with Crippen molar-refractivity contribution in [2.45, 2.75) is 12.5 Å². The van der Waals surface area contributed by atoms with Crippen LogP contribution in [0.25, 0.3) is 0 Å². The van der Waals surface area contributed by atoms with E-state index in [9.17, 15) is 9.90 Å². The number of hydrogen-bond donors (Lipinski definition) is 1. The Morgan fingerprint density at radius 2 is 1.92 bits per heavy atom. The Hall–Kier alpha value is -1.35. The molecule has 0 heterocycles. The molecule has 1 N–H and O–H groups in total. The Balaban J connectivity index is 3.00. The molecule has 13 heavy (non-hydrogen) atoms. The zero-order valence-electron chi connectivity index (χ0n) is 7.65. The van der Waals surface area contributed by atoms with E-state index in [0.29, 0.717) is 5.56 Å². The minimum absolute atomic E-state index is 0.529. The quantitative estimate of drug-likeness (QED) is 0.692. The van der Waals surface area contributed by atoms with Crippen molar-refractivity contribution in [2.75, 3.05) is 7.11 Å². The van der Waals surface area contributed by atoms with E-state index in [1.807, 2.05) is 6.07 Å². The van der Waals surface area contributed by atoms with Crippen molar-refractivity contribution in [3.63, 3.8) is 0 Å². The Bertz CT molecular complexity index is 290. The summed E-state index contributed by atoms with van der Waals surface area (Å²) < 4.78 is 4.48. The largest absolute Gasteiger partial charge is 0.467 e. The van der Waals surface area contributed by atoms with Gasteiger partial charge in [0.1, 0.15) is 0 Å². The van der Waals surface area contributed by atoms with E-state index in [1.165, 1.54) is 14.0 Å². The van der Waals surface area contributed by atoms with Gasteiger partial charge in [-0.25, -0.2) is 4.79 Å². The van der Waals surface area contributed by atoms with Gasteiger partial charge in [0.25, 0.3) is 0 Å². The van der Waals surface area contributed by atoms with Crippen molar-refractivity contribution < 1.29 is 14.6 Å². The molecule has 0 amide bonds. The topological polar surface area (TPSA) is 46.5 Å². The third-order valence-corrected chi connectivity index (χ3v) is 1.92. The lowest BCUT2D eigenvalue weighted by Gasteiger charge is -2.20. The predicted molar refractivity (Wildman–Crippen MR) is 48.0 cm³/mol. The van der Waals surface area contributed by atoms with Gasteiger partial charge in [0.2, 0.25) is 0 Å². The van der Waals surface area contributed by atoms with E-state index >= 15 is 0 Å². The zero-order chi connectivity index (χ0) is 9.90. The van der Waals surface area contributed by atoms with Gasteiger partial charge >= 0.3 is 5.97 Å². The molecule has 70 valence electrons. The van der Waals surface area contributed by atoms with E-state index in [4.69, 9.17) is 0 Å². The van der Waals surface area contributed by atoms with Crippen molar-refractivity contribution in [1.82, 2.24) is 0 Å². The normalized spacial score (nSPS) is 14.7. The molecule has 3 nitrogen and oxygen atoms in total. The second-order valence-corrected chi connectivity index (χ2v) is 2.93. The molecule has 0 fully saturated rings. The second kappa shape index (κ2) is 3.58. The van der Waals surface area contributed by atoms with Crippen molar-refractivity contribution in [1.29, 1.82) is 0 Å². The van der Waals surface area contributed by atoms with Crippen LogP contribution in [0.2, 0.25) is 0 Å². The van der Waals surface area contributed by atoms with Crippen LogP contribution in [0.15, 0.2) is 30.3 Å². The van der Waals surface area contributed by atoms with Crippen LogP contribution >= 0.6 is 0 Å². The number of rotatable bonds is 2. The first-order valence-corrected chi connectivity index (χ1v) is 3.95. The SMILES string of the molecule is COC(=O)[C@](C)(O)c1ccccc1. The maximum atomic E-state index is 11.2. The first-order chi connectivity index (χ1) is 6.09. The van der Waals surface area contributed by atoms with Gasteiger partial charge in [0.05, 0.1) is 7.11 Å². The molecule has 1 aromatic carbocycles. The summed E-state index contributed by atoms with van der Waals surface area (Å²) in [6.07, 6.45) is 0. The number of hydrogen-bond acceptors (Lipinski definition) is 3. The molecule has 0 aromatic heterocycles. The fourth-order valence-electron chi connectivity index (χ4n) is 1.08. The first kappa shape index (κ1) is 9.74. The first-order valence-electron chi connectivity index (χ1n) is 3.95. The maximum absolute atomic E-state index is 11.2. The summed E-state index contributed by atoms with van der Waals surface area (Å²) in [7, 11) is 1.25. The van der Waals surface area contributed by atoms with Gasteiger partial charge < -0.3 is 9.84 Å². The van der Waals surface area contributed by atoms with Crippen molar-refractivity contribution >= 4 is 5.97 Å². The minimum atomic E-state index is -1.56. The van der Waals surface area contributed by atoms with Crippen LogP contribution in [-0.2, 0) is 15.1 Å². The summed E-state index contributed by atoms with van der Waals surface area (Å²) in [5.74, 6) is -0.654. The summed E-state index contributed by atoms with van der Waals surface area (Å²) in [5.41, 5.74) is -1.03. The van der Waals surface area contributed by atoms with Crippen LogP contribution in [0.1, 0.15) is 12.5 Å². The Morgan fingerprint density at radius 1 is 1.38 bits per heavy atom. The lowest BCUT2D eigenvalue weighted by Crippen LogP contribution is -2.33. The molecule has 0 bridgehead atoms. The maximum Gasteiger partial charge on any atom is 0.342 e. The van der Waals surface area contributed by atoms with Crippen LogP contribution in [-0.4, -0.2) is 18.2 Å². The van der Waals surface area contributed by atoms with Crippen LogP contribution in [0, 0.1) is 0 Å². The van der Waals surface area contributed by atoms with Crippen LogP contribution in [0.3, 0.4) is 0 Å². The van der Waals surface area contributed by atoms with Crippen molar-refractivity contribution in [3.05, 3.63) is 35.9 Å². The van der Waals surface area contributed by atoms with Gasteiger partial charge in [0.15, 0.2) is 5.60 Å². The number of methoxy groups -OCH3 is 1. The van der Waals surface area contributed by atoms with Crippen LogP contribution in [0.4, 0.5) is 0 Å². The summed E-state index contributed by atoms with van der Waals surface area (Å²) in [6, 6.07) is 8.68. The summed E-state index contributed by atoms with van der Waals surface area (Å²) in [4.78, 5) is 11.2. The standard InChI is InChI=1S/C10H12O3/c1-10(12,9(11)13-2)8-6-4-3-5-7-8/h3-7,12H,1-2H3/t10-/m1/s1. The van der Waals surface area contributed by atoms with Gasteiger partial charge in [-0.1, -0.05) is 30.3 Å². The number of aliphatic hydroxyl groups is 1. The second-order valence-electron chi connectivity index (χ2n) is 2.93. The fourth-order valence-corrected chi connectivity index (χ4v) is 1.08. The molecule has 1 rings (SSSR count). The molecule has 0 spiro atoms. The van der Waals surface area contributed by atoms with Gasteiger partial charge in [-0.3, -0.25) is 0 Å². The molecular formula is C10H12O3. The Morgan fingerprint density at radius 3 is 2.38 bits per heavy atom. The van der Waals surface area contributed by atoms with E-state index in [2.05, 4.69) is 4.74 Å². The van der Waals surface area contributed by atoms with Gasteiger partial charge in [-0.05, 0) is 12.5 Å². The minimum Gasteiger partial charge on any atom is -0.467 e. The molecular weight excluding hydrogens is 168 g/mol. The van der Waals surface area contributed by atoms with Crippen LogP contribution in [0.5, 0.6) is 0 Å². The summed E-state index contributed by atoms with van der Waals surface area (Å²) in [6.45, 7) is 1.41. The van der Waals surface area contributed by atoms with Gasteiger partial charge in [0, 0.05) is 0 Å². The molecule has 0 aliphatic carbocycles. The Labute approximate surface area is 77.0 Å².